The van der Waals surface area contributed by atoms with Gasteiger partial charge in [-0.3, -0.25) is 0 Å². The first-order chi connectivity index (χ1) is 5.83. The Morgan fingerprint density at radius 2 is 1.92 bits per heavy atom. The Labute approximate surface area is 73.6 Å². The summed E-state index contributed by atoms with van der Waals surface area (Å²) in [6.45, 7) is 7.88. The quantitative estimate of drug-likeness (QED) is 0.586. The first kappa shape index (κ1) is 8.79. The Hall–Kier alpha value is -1.30. The predicted octanol–water partition coefficient (Wildman–Crippen LogP) is 1.93. The van der Waals surface area contributed by atoms with Crippen LogP contribution in [0.5, 0.6) is 0 Å². The maximum absolute atomic E-state index is 3.78. The number of rotatable bonds is 1. The Balaban J connectivity index is 3.67. The fourth-order valence-corrected chi connectivity index (χ4v) is 1.36. The van der Waals surface area contributed by atoms with Crippen LogP contribution >= 0.6 is 0 Å². The average Bonchev–Trinajstić information content (AvgIpc) is 2.16. The zero-order valence-corrected chi connectivity index (χ0v) is 7.67. The molecule has 1 aromatic carbocycles. The molecule has 0 aliphatic carbocycles. The molecule has 1 rings (SSSR count). The van der Waals surface area contributed by atoms with Crippen LogP contribution in [-0.2, 0) is 0 Å². The second-order valence-corrected chi connectivity index (χ2v) is 2.63. The lowest BCUT2D eigenvalue weighted by atomic mass is 10.1. The molecular weight excluding hydrogens is 144 g/mol. The summed E-state index contributed by atoms with van der Waals surface area (Å²) >= 11 is 0. The van der Waals surface area contributed by atoms with Gasteiger partial charge in [-0.25, -0.2) is 0 Å². The fourth-order valence-electron chi connectivity index (χ4n) is 1.36. The van der Waals surface area contributed by atoms with Crippen molar-refractivity contribution in [1.82, 2.24) is 0 Å². The molecule has 0 heteroatoms. The predicted molar refractivity (Wildman–Crippen MR) is 56.1 cm³/mol. The minimum absolute atomic E-state index is 1.20. The van der Waals surface area contributed by atoms with Crippen LogP contribution < -0.4 is 10.4 Å². The van der Waals surface area contributed by atoms with E-state index in [1.165, 1.54) is 16.0 Å². The van der Waals surface area contributed by atoms with Crippen LogP contribution in [0.15, 0.2) is 24.8 Å². The molecule has 0 unspecified atom stereocenters. The van der Waals surface area contributed by atoms with E-state index in [-0.39, 0.29) is 0 Å². The lowest BCUT2D eigenvalue weighted by Crippen LogP contribution is -2.26. The first-order valence-electron chi connectivity index (χ1n) is 4.17. The highest BCUT2D eigenvalue weighted by Gasteiger charge is 1.88. The number of hydrogen-bond acceptors (Lipinski definition) is 0. The van der Waals surface area contributed by atoms with Gasteiger partial charge in [0.25, 0.3) is 0 Å². The van der Waals surface area contributed by atoms with Gasteiger partial charge in [0.1, 0.15) is 0 Å². The molecule has 0 nitrogen and oxygen atoms in total. The molecule has 0 atom stereocenters. The van der Waals surface area contributed by atoms with Gasteiger partial charge in [0.2, 0.25) is 0 Å². The van der Waals surface area contributed by atoms with Gasteiger partial charge in [0, 0.05) is 0 Å². The summed E-state index contributed by atoms with van der Waals surface area (Å²) in [5.74, 6) is 0. The third-order valence-electron chi connectivity index (χ3n) is 1.99. The van der Waals surface area contributed by atoms with Gasteiger partial charge in [-0.1, -0.05) is 43.0 Å². The van der Waals surface area contributed by atoms with E-state index in [4.69, 9.17) is 0 Å². The molecule has 0 spiro atoms. The molecule has 12 heavy (non-hydrogen) atoms. The van der Waals surface area contributed by atoms with Crippen molar-refractivity contribution in [2.24, 2.45) is 0 Å². The van der Waals surface area contributed by atoms with E-state index in [9.17, 15) is 0 Å². The van der Waals surface area contributed by atoms with E-state index in [0.29, 0.717) is 0 Å². The van der Waals surface area contributed by atoms with E-state index in [2.05, 4.69) is 50.8 Å². The third-order valence-corrected chi connectivity index (χ3v) is 1.99. The minimum Gasteiger partial charge on any atom is -0.0984 e. The Bertz CT molecular complexity index is 383. The summed E-state index contributed by atoms with van der Waals surface area (Å²) in [5, 5.41) is 2.55. The van der Waals surface area contributed by atoms with Crippen molar-refractivity contribution in [2.45, 2.75) is 13.8 Å². The number of hydrogen-bond donors (Lipinski definition) is 0. The molecular formula is C12H14. The van der Waals surface area contributed by atoms with Crippen LogP contribution in [0.2, 0.25) is 0 Å². The second kappa shape index (κ2) is 3.91. The second-order valence-electron chi connectivity index (χ2n) is 2.63. The highest BCUT2D eigenvalue weighted by atomic mass is 13.9. The molecule has 0 bridgehead atoms. The summed E-state index contributed by atoms with van der Waals surface area (Å²) in [5.41, 5.74) is 1.20. The summed E-state index contributed by atoms with van der Waals surface area (Å²) < 4.78 is 0. The maximum Gasteiger partial charge on any atom is -0.0158 e. The minimum atomic E-state index is 1.20. The monoisotopic (exact) mass is 158 g/mol. The van der Waals surface area contributed by atoms with Gasteiger partial charge in [-0.05, 0) is 29.8 Å². The van der Waals surface area contributed by atoms with Crippen molar-refractivity contribution in [3.05, 3.63) is 40.8 Å². The van der Waals surface area contributed by atoms with Crippen LogP contribution in [-0.4, -0.2) is 0 Å². The van der Waals surface area contributed by atoms with E-state index in [1.807, 2.05) is 6.08 Å². The maximum atomic E-state index is 3.78. The van der Waals surface area contributed by atoms with E-state index in [1.54, 1.807) is 0 Å². The molecule has 0 saturated heterocycles. The highest BCUT2D eigenvalue weighted by molar-refractivity contribution is 5.51. The Morgan fingerprint density at radius 3 is 2.42 bits per heavy atom. The van der Waals surface area contributed by atoms with Crippen molar-refractivity contribution in [2.75, 3.05) is 0 Å². The molecule has 62 valence electrons. The molecule has 0 fully saturated rings. The fraction of sp³-hybridized carbons (Fsp3) is 0.167. The van der Waals surface area contributed by atoms with Crippen molar-refractivity contribution in [1.29, 1.82) is 0 Å². The Kier molecular flexibility index (Phi) is 2.87. The molecule has 1 aromatic rings. The van der Waals surface area contributed by atoms with Crippen molar-refractivity contribution in [3.8, 4) is 0 Å². The van der Waals surface area contributed by atoms with Gasteiger partial charge in [0.15, 0.2) is 0 Å². The van der Waals surface area contributed by atoms with Crippen molar-refractivity contribution in [3.63, 3.8) is 0 Å². The van der Waals surface area contributed by atoms with Gasteiger partial charge in [-0.2, -0.15) is 0 Å². The van der Waals surface area contributed by atoms with Crippen LogP contribution in [0, 0.1) is 0 Å². The van der Waals surface area contributed by atoms with Crippen molar-refractivity contribution >= 4 is 18.2 Å². The summed E-state index contributed by atoms with van der Waals surface area (Å²) in [4.78, 5) is 0. The SMILES string of the molecule is C=Cc1cccc(=C/C)/c1=C\C. The van der Waals surface area contributed by atoms with Gasteiger partial charge < -0.3 is 0 Å². The zero-order valence-electron chi connectivity index (χ0n) is 7.67. The Morgan fingerprint density at radius 1 is 1.17 bits per heavy atom. The zero-order chi connectivity index (χ0) is 8.97. The van der Waals surface area contributed by atoms with Crippen LogP contribution in [0.1, 0.15) is 19.4 Å². The molecule has 0 aliphatic heterocycles. The van der Waals surface area contributed by atoms with Crippen LogP contribution in [0.25, 0.3) is 18.2 Å². The lowest BCUT2D eigenvalue weighted by molar-refractivity contribution is 1.47. The van der Waals surface area contributed by atoms with Gasteiger partial charge in [0.05, 0.1) is 0 Å². The van der Waals surface area contributed by atoms with Crippen LogP contribution in [0.4, 0.5) is 0 Å². The van der Waals surface area contributed by atoms with E-state index >= 15 is 0 Å². The molecule has 0 saturated carbocycles. The molecule has 0 radical (unpaired) electrons. The molecule has 0 aromatic heterocycles. The van der Waals surface area contributed by atoms with Crippen molar-refractivity contribution < 1.29 is 0 Å². The first-order valence-corrected chi connectivity index (χ1v) is 4.17. The summed E-state index contributed by atoms with van der Waals surface area (Å²) in [6.07, 6.45) is 6.12. The van der Waals surface area contributed by atoms with Crippen LogP contribution in [0.3, 0.4) is 0 Å². The molecule has 0 aliphatic rings. The van der Waals surface area contributed by atoms with E-state index in [0.717, 1.165) is 0 Å². The lowest BCUT2D eigenvalue weighted by Gasteiger charge is -1.95. The van der Waals surface area contributed by atoms with E-state index < -0.39 is 0 Å². The highest BCUT2D eigenvalue weighted by Crippen LogP contribution is 1.89. The largest absolute Gasteiger partial charge is 0.0984 e. The molecule has 0 heterocycles. The normalized spacial score (nSPS) is 13.5. The molecule has 0 amide bonds. The van der Waals surface area contributed by atoms with Gasteiger partial charge in [-0.15, -0.1) is 0 Å². The smallest absolute Gasteiger partial charge is 0.0158 e. The standard InChI is InChI=1S/C12H14/c1-4-10-8-7-9-11(5-2)12(10)6-3/h4-9H,1H2,2-3H3/b11-5-,12-6-. The topological polar surface area (TPSA) is 0 Å². The third kappa shape index (κ3) is 1.48. The molecule has 0 N–H and O–H groups in total. The summed E-state index contributed by atoms with van der Waals surface area (Å²) in [6, 6.07) is 6.25. The average molecular weight is 158 g/mol. The summed E-state index contributed by atoms with van der Waals surface area (Å²) in [7, 11) is 0. The number of benzene rings is 1. The van der Waals surface area contributed by atoms with Gasteiger partial charge >= 0.3 is 0 Å².